The Morgan fingerprint density at radius 1 is 1.08 bits per heavy atom. The summed E-state index contributed by atoms with van der Waals surface area (Å²) in [4.78, 5) is 19.5. The first-order valence-electron chi connectivity index (χ1n) is 10.6. The highest BCUT2D eigenvalue weighted by Crippen LogP contribution is 2.35. The number of amides is 1. The first kappa shape index (κ1) is 18.3. The van der Waals surface area contributed by atoms with E-state index in [1.165, 1.54) is 82.4 Å². The van der Waals surface area contributed by atoms with Crippen LogP contribution in [0, 0.1) is 11.8 Å². The normalized spacial score (nSPS) is 26.8. The molecule has 1 amide bonds. The van der Waals surface area contributed by atoms with Crippen molar-refractivity contribution in [2.24, 2.45) is 11.8 Å². The molecule has 1 aromatic heterocycles. The van der Waals surface area contributed by atoms with Crippen LogP contribution in [0.1, 0.15) is 76.5 Å². The molecule has 2 heterocycles. The van der Waals surface area contributed by atoms with Gasteiger partial charge in [-0.05, 0) is 43.9 Å². The molecule has 0 unspecified atom stereocenters. The number of nitrogens with one attached hydrogen (secondary N) is 1. The highest BCUT2D eigenvalue weighted by atomic mass is 32.2. The molecule has 1 N–H and O–H groups in total. The second-order valence-corrected chi connectivity index (χ2v) is 9.33. The predicted octanol–water partition coefficient (Wildman–Crippen LogP) is 4.20. The molecule has 1 saturated heterocycles. The zero-order chi connectivity index (χ0) is 17.8. The number of rotatable bonds is 6. The van der Waals surface area contributed by atoms with Gasteiger partial charge in [0.15, 0.2) is 0 Å². The Labute approximate surface area is 161 Å². The number of aryl methyl sites for hydroxylation is 1. The lowest BCUT2D eigenvalue weighted by Gasteiger charge is -2.44. The lowest BCUT2D eigenvalue weighted by molar-refractivity contribution is -0.134. The highest BCUT2D eigenvalue weighted by molar-refractivity contribution is 7.99. The molecule has 1 aromatic rings. The van der Waals surface area contributed by atoms with E-state index in [1.54, 1.807) is 0 Å². The molecule has 3 aliphatic rings. The summed E-state index contributed by atoms with van der Waals surface area (Å²) in [6.45, 7) is 0.946. The minimum atomic E-state index is 0.281. The van der Waals surface area contributed by atoms with E-state index in [9.17, 15) is 4.79 Å². The Kier molecular flexibility index (Phi) is 6.18. The number of fused-ring (bicyclic) bond motifs is 1. The van der Waals surface area contributed by atoms with Crippen LogP contribution in [0.4, 0.5) is 0 Å². The molecular weight excluding hydrogens is 344 g/mol. The van der Waals surface area contributed by atoms with Crippen molar-refractivity contribution in [3.8, 4) is 0 Å². The molecule has 144 valence electrons. The third-order valence-electron chi connectivity index (χ3n) is 6.66. The van der Waals surface area contributed by atoms with E-state index in [0.29, 0.717) is 11.8 Å². The number of aromatic amines is 1. The van der Waals surface area contributed by atoms with Gasteiger partial charge in [0.25, 0.3) is 0 Å². The van der Waals surface area contributed by atoms with Crippen molar-refractivity contribution in [3.63, 3.8) is 0 Å². The second kappa shape index (κ2) is 8.77. The van der Waals surface area contributed by atoms with E-state index in [2.05, 4.69) is 20.1 Å². The third kappa shape index (κ3) is 4.44. The first-order valence-corrected chi connectivity index (χ1v) is 11.6. The molecule has 6 heteroatoms. The zero-order valence-corrected chi connectivity index (χ0v) is 16.6. The van der Waals surface area contributed by atoms with E-state index in [0.717, 1.165) is 35.8 Å². The molecule has 3 fully saturated rings. The molecule has 1 aliphatic heterocycles. The van der Waals surface area contributed by atoms with Crippen molar-refractivity contribution < 1.29 is 4.79 Å². The maximum Gasteiger partial charge on any atom is 0.233 e. The fraction of sp³-hybridized carbons (Fsp3) is 0.850. The number of carbonyl (C=O) groups excluding carboxylic acids is 1. The van der Waals surface area contributed by atoms with Gasteiger partial charge in [-0.2, -0.15) is 0 Å². The molecular formula is C20H32N4OS. The lowest BCUT2D eigenvalue weighted by atomic mass is 9.78. The number of hydrogen-bond acceptors (Lipinski definition) is 4. The van der Waals surface area contributed by atoms with Gasteiger partial charge in [-0.25, -0.2) is 4.98 Å². The van der Waals surface area contributed by atoms with Gasteiger partial charge >= 0.3 is 0 Å². The van der Waals surface area contributed by atoms with Gasteiger partial charge in [-0.1, -0.05) is 50.3 Å². The van der Waals surface area contributed by atoms with Crippen molar-refractivity contribution in [3.05, 3.63) is 5.82 Å². The van der Waals surface area contributed by atoms with E-state index in [1.807, 2.05) is 0 Å². The van der Waals surface area contributed by atoms with Crippen LogP contribution >= 0.6 is 11.8 Å². The molecule has 2 atom stereocenters. The summed E-state index contributed by atoms with van der Waals surface area (Å²) >= 11 is 1.50. The van der Waals surface area contributed by atoms with Crippen molar-refractivity contribution >= 4 is 17.7 Å². The van der Waals surface area contributed by atoms with Gasteiger partial charge in [0.05, 0.1) is 5.75 Å². The Hall–Kier alpha value is -1.04. The summed E-state index contributed by atoms with van der Waals surface area (Å²) in [5.74, 6) is 3.36. The number of piperidine rings is 1. The maximum atomic E-state index is 12.8. The number of carbonyl (C=O) groups is 1. The average molecular weight is 377 g/mol. The van der Waals surface area contributed by atoms with Crippen LogP contribution in [0.15, 0.2) is 5.16 Å². The second-order valence-electron chi connectivity index (χ2n) is 8.38. The highest BCUT2D eigenvalue weighted by Gasteiger charge is 2.35. The third-order valence-corrected chi connectivity index (χ3v) is 7.50. The van der Waals surface area contributed by atoms with Gasteiger partial charge in [0.1, 0.15) is 5.82 Å². The van der Waals surface area contributed by atoms with Gasteiger partial charge in [0, 0.05) is 19.0 Å². The quantitative estimate of drug-likeness (QED) is 0.756. The number of hydrogen-bond donors (Lipinski definition) is 1. The monoisotopic (exact) mass is 376 g/mol. The lowest BCUT2D eigenvalue weighted by Crippen LogP contribution is -2.50. The van der Waals surface area contributed by atoms with E-state index in [4.69, 9.17) is 0 Å². The van der Waals surface area contributed by atoms with Gasteiger partial charge < -0.3 is 4.90 Å². The molecule has 2 saturated carbocycles. The Morgan fingerprint density at radius 3 is 2.73 bits per heavy atom. The number of aromatic nitrogens is 3. The Morgan fingerprint density at radius 2 is 1.85 bits per heavy atom. The molecule has 0 bridgehead atoms. The first-order chi connectivity index (χ1) is 12.8. The fourth-order valence-electron chi connectivity index (χ4n) is 5.24. The summed E-state index contributed by atoms with van der Waals surface area (Å²) in [5, 5.41) is 8.12. The van der Waals surface area contributed by atoms with Crippen LogP contribution in [-0.2, 0) is 11.2 Å². The molecule has 26 heavy (non-hydrogen) atoms. The van der Waals surface area contributed by atoms with Crippen molar-refractivity contribution in [1.29, 1.82) is 0 Å². The number of nitrogens with zero attached hydrogens (tertiary/aromatic N) is 3. The Bertz CT molecular complexity index is 596. The van der Waals surface area contributed by atoms with Crippen molar-refractivity contribution in [2.45, 2.75) is 88.2 Å². The van der Waals surface area contributed by atoms with Crippen LogP contribution in [-0.4, -0.2) is 44.3 Å². The summed E-state index contributed by atoms with van der Waals surface area (Å²) in [5.41, 5.74) is 0. The molecule has 2 aliphatic carbocycles. The smallest absolute Gasteiger partial charge is 0.233 e. The van der Waals surface area contributed by atoms with Crippen LogP contribution < -0.4 is 0 Å². The van der Waals surface area contributed by atoms with E-state index in [-0.39, 0.29) is 5.91 Å². The van der Waals surface area contributed by atoms with E-state index >= 15 is 0 Å². The van der Waals surface area contributed by atoms with Crippen LogP contribution in [0.5, 0.6) is 0 Å². The van der Waals surface area contributed by atoms with Crippen molar-refractivity contribution in [1.82, 2.24) is 20.1 Å². The van der Waals surface area contributed by atoms with Crippen LogP contribution in [0.25, 0.3) is 0 Å². The Balaban J connectivity index is 1.25. The van der Waals surface area contributed by atoms with Gasteiger partial charge in [0.2, 0.25) is 11.1 Å². The van der Waals surface area contributed by atoms with Gasteiger partial charge in [-0.3, -0.25) is 9.89 Å². The zero-order valence-electron chi connectivity index (χ0n) is 15.8. The summed E-state index contributed by atoms with van der Waals surface area (Å²) in [6.07, 6.45) is 15.4. The van der Waals surface area contributed by atoms with E-state index < -0.39 is 0 Å². The predicted molar refractivity (Wildman–Crippen MR) is 104 cm³/mol. The number of thioether (sulfide) groups is 1. The molecule has 0 aromatic carbocycles. The molecule has 4 rings (SSSR count). The standard InChI is InChI=1S/C20H32N4OS/c25-19(24-13-5-9-16-8-3-4-10-17(16)24)14-26-20-21-18(22-23-20)12-11-15-6-1-2-7-15/h15-17H,1-14H2,(H,21,22,23)/t16-,17-/m0/s1. The number of H-pyrrole nitrogens is 1. The average Bonchev–Trinajstić information content (AvgIpc) is 3.35. The van der Waals surface area contributed by atoms with Crippen molar-refractivity contribution in [2.75, 3.05) is 12.3 Å². The minimum Gasteiger partial charge on any atom is -0.339 e. The topological polar surface area (TPSA) is 61.9 Å². The minimum absolute atomic E-state index is 0.281. The summed E-state index contributed by atoms with van der Waals surface area (Å²) < 4.78 is 0. The molecule has 0 radical (unpaired) electrons. The fourth-order valence-corrected chi connectivity index (χ4v) is 5.94. The van der Waals surface area contributed by atoms with Crippen LogP contribution in [0.2, 0.25) is 0 Å². The van der Waals surface area contributed by atoms with Crippen LogP contribution in [0.3, 0.4) is 0 Å². The summed E-state index contributed by atoms with van der Waals surface area (Å²) in [6, 6.07) is 0.500. The van der Waals surface area contributed by atoms with Gasteiger partial charge in [-0.15, -0.1) is 5.10 Å². The number of likely N-dealkylation sites (tertiary alicyclic amines) is 1. The molecule has 0 spiro atoms. The maximum absolute atomic E-state index is 12.8. The summed E-state index contributed by atoms with van der Waals surface area (Å²) in [7, 11) is 0. The SMILES string of the molecule is O=C(CSc1n[nH]c(CCC2CCCC2)n1)N1CCC[C@@H]2CCCC[C@@H]21. The largest absolute Gasteiger partial charge is 0.339 e. The molecule has 5 nitrogen and oxygen atoms in total.